The van der Waals surface area contributed by atoms with E-state index >= 15 is 0 Å². The first-order valence-corrected chi connectivity index (χ1v) is 11.4. The highest BCUT2D eigenvalue weighted by Crippen LogP contribution is 2.26. The number of hydrogen-bond donors (Lipinski definition) is 2. The fourth-order valence-corrected chi connectivity index (χ4v) is 4.14. The minimum absolute atomic E-state index is 0.0385. The van der Waals surface area contributed by atoms with Gasteiger partial charge in [-0.1, -0.05) is 47.6 Å². The van der Waals surface area contributed by atoms with Crippen molar-refractivity contribution in [1.82, 2.24) is 15.0 Å². The molecule has 1 aromatic heterocycles. The van der Waals surface area contributed by atoms with Gasteiger partial charge in [0.2, 0.25) is 0 Å². The van der Waals surface area contributed by atoms with E-state index in [2.05, 4.69) is 15.1 Å². The number of methoxy groups -OCH3 is 1. The third-order valence-corrected chi connectivity index (χ3v) is 6.04. The maximum Gasteiger partial charge on any atom is 0.250 e. The van der Waals surface area contributed by atoms with E-state index in [1.54, 1.807) is 12.1 Å². The normalized spacial score (nSPS) is 11.2. The smallest absolute Gasteiger partial charge is 0.250 e. The zero-order valence-corrected chi connectivity index (χ0v) is 19.3. The summed E-state index contributed by atoms with van der Waals surface area (Å²) < 4.78 is 7.15. The van der Waals surface area contributed by atoms with Crippen molar-refractivity contribution in [3.05, 3.63) is 82.9 Å². The van der Waals surface area contributed by atoms with Gasteiger partial charge in [0.05, 0.1) is 36.7 Å². The average Bonchev–Trinajstić information content (AvgIpc) is 3.17. The maximum atomic E-state index is 12.3. The third-order valence-electron chi connectivity index (χ3n) is 4.81. The molecule has 0 fully saturated rings. The molecule has 0 aliphatic heterocycles. The van der Waals surface area contributed by atoms with E-state index in [1.807, 2.05) is 48.5 Å². The molecular formula is C24H21ClN4O3S. The molecular weight excluding hydrogens is 460 g/mol. The Morgan fingerprint density at radius 2 is 2.00 bits per heavy atom. The molecule has 3 aromatic carbocycles. The number of phenolic OH excluding ortho intramolecular Hbond substituents is 1. The number of nitrogens with zero attached hydrogens (tertiary/aromatic N) is 3. The Morgan fingerprint density at radius 3 is 2.79 bits per heavy atom. The number of ether oxygens (including phenoxy) is 1. The minimum Gasteiger partial charge on any atom is -0.504 e. The monoisotopic (exact) mass is 480 g/mol. The van der Waals surface area contributed by atoms with Gasteiger partial charge in [-0.25, -0.2) is 10.4 Å². The van der Waals surface area contributed by atoms with E-state index in [1.165, 1.54) is 31.2 Å². The Hall–Kier alpha value is -3.49. The second kappa shape index (κ2) is 10.4. The molecule has 33 heavy (non-hydrogen) atoms. The fraction of sp³-hybridized carbons (Fsp3) is 0.125. The van der Waals surface area contributed by atoms with E-state index in [0.717, 1.165) is 21.8 Å². The third kappa shape index (κ3) is 5.66. The highest BCUT2D eigenvalue weighted by atomic mass is 35.5. The minimum atomic E-state index is -0.257. The Bertz CT molecular complexity index is 1310. The van der Waals surface area contributed by atoms with Crippen LogP contribution in [0.1, 0.15) is 11.1 Å². The Morgan fingerprint density at radius 1 is 1.21 bits per heavy atom. The van der Waals surface area contributed by atoms with Crippen molar-refractivity contribution in [1.29, 1.82) is 0 Å². The first-order chi connectivity index (χ1) is 16.0. The highest BCUT2D eigenvalue weighted by molar-refractivity contribution is 7.99. The van der Waals surface area contributed by atoms with Crippen LogP contribution in [0.4, 0.5) is 0 Å². The lowest BCUT2D eigenvalue weighted by molar-refractivity contribution is -0.118. The molecule has 0 radical (unpaired) electrons. The molecule has 168 valence electrons. The number of fused-ring (bicyclic) bond motifs is 1. The molecule has 2 N–H and O–H groups in total. The van der Waals surface area contributed by atoms with Crippen LogP contribution in [0.2, 0.25) is 5.02 Å². The van der Waals surface area contributed by atoms with Gasteiger partial charge in [-0.2, -0.15) is 5.10 Å². The van der Waals surface area contributed by atoms with Gasteiger partial charge in [-0.15, -0.1) is 0 Å². The van der Waals surface area contributed by atoms with Crippen LogP contribution >= 0.6 is 23.4 Å². The zero-order chi connectivity index (χ0) is 23.2. The largest absolute Gasteiger partial charge is 0.504 e. The first kappa shape index (κ1) is 22.7. The van der Waals surface area contributed by atoms with Gasteiger partial charge in [0.1, 0.15) is 0 Å². The van der Waals surface area contributed by atoms with Gasteiger partial charge in [-0.05, 0) is 53.6 Å². The number of halogens is 1. The van der Waals surface area contributed by atoms with Crippen molar-refractivity contribution in [2.45, 2.75) is 11.7 Å². The lowest BCUT2D eigenvalue weighted by Gasteiger charge is -2.09. The van der Waals surface area contributed by atoms with E-state index in [4.69, 9.17) is 21.3 Å². The molecule has 0 saturated carbocycles. The van der Waals surface area contributed by atoms with Gasteiger partial charge >= 0.3 is 0 Å². The number of aromatic nitrogens is 2. The molecule has 9 heteroatoms. The summed E-state index contributed by atoms with van der Waals surface area (Å²) in [7, 11) is 1.47. The van der Waals surface area contributed by atoms with Crippen LogP contribution in [-0.2, 0) is 11.3 Å². The SMILES string of the molecule is COc1cc(/C=N\NC(=O)CSc2nc3ccccc3n2Cc2ccc(Cl)cc2)ccc1O. The van der Waals surface area contributed by atoms with Crippen molar-refractivity contribution < 1.29 is 14.6 Å². The molecule has 0 bridgehead atoms. The van der Waals surface area contributed by atoms with Gasteiger partial charge in [-0.3, -0.25) is 4.79 Å². The van der Waals surface area contributed by atoms with Gasteiger partial charge in [0, 0.05) is 5.02 Å². The number of para-hydroxylation sites is 2. The van der Waals surface area contributed by atoms with Gasteiger partial charge in [0.15, 0.2) is 16.7 Å². The number of phenols is 1. The number of carbonyl (C=O) groups excluding carboxylic acids is 1. The van der Waals surface area contributed by atoms with Crippen molar-refractivity contribution in [2.24, 2.45) is 5.10 Å². The maximum absolute atomic E-state index is 12.3. The summed E-state index contributed by atoms with van der Waals surface area (Å²) in [5, 5.41) is 15.1. The number of hydrazone groups is 1. The summed E-state index contributed by atoms with van der Waals surface area (Å²) in [6.07, 6.45) is 1.49. The van der Waals surface area contributed by atoms with Crippen LogP contribution in [0.25, 0.3) is 11.0 Å². The van der Waals surface area contributed by atoms with Crippen LogP contribution in [0.15, 0.2) is 77.0 Å². The van der Waals surface area contributed by atoms with Crippen molar-refractivity contribution in [2.75, 3.05) is 12.9 Å². The number of thioether (sulfide) groups is 1. The number of carbonyl (C=O) groups is 1. The van der Waals surface area contributed by atoms with Crippen molar-refractivity contribution in [3.63, 3.8) is 0 Å². The molecule has 0 spiro atoms. The predicted molar refractivity (Wildman–Crippen MR) is 131 cm³/mol. The lowest BCUT2D eigenvalue weighted by atomic mass is 10.2. The molecule has 1 amide bonds. The first-order valence-electron chi connectivity index (χ1n) is 10.0. The number of imidazole rings is 1. The summed E-state index contributed by atoms with van der Waals surface area (Å²) in [5.74, 6) is 0.268. The van der Waals surface area contributed by atoms with Crippen molar-refractivity contribution >= 4 is 46.5 Å². The summed E-state index contributed by atoms with van der Waals surface area (Å²) in [4.78, 5) is 17.0. The molecule has 7 nitrogen and oxygen atoms in total. The van der Waals surface area contributed by atoms with Crippen LogP contribution < -0.4 is 10.2 Å². The van der Waals surface area contributed by atoms with Crippen LogP contribution in [0, 0.1) is 0 Å². The summed E-state index contributed by atoms with van der Waals surface area (Å²) >= 11 is 7.36. The Kier molecular flexibility index (Phi) is 7.16. The molecule has 0 aliphatic carbocycles. The molecule has 0 atom stereocenters. The van der Waals surface area contributed by atoms with Crippen LogP contribution in [0.3, 0.4) is 0 Å². The summed E-state index contributed by atoms with van der Waals surface area (Å²) in [6, 6.07) is 20.3. The van der Waals surface area contributed by atoms with E-state index in [0.29, 0.717) is 22.9 Å². The number of aromatic hydroxyl groups is 1. The molecule has 4 rings (SSSR count). The predicted octanol–water partition coefficient (Wildman–Crippen LogP) is 4.69. The van der Waals surface area contributed by atoms with Crippen LogP contribution in [-0.4, -0.2) is 39.6 Å². The zero-order valence-electron chi connectivity index (χ0n) is 17.7. The highest BCUT2D eigenvalue weighted by Gasteiger charge is 2.13. The number of rotatable bonds is 8. The molecule has 0 aliphatic rings. The van der Waals surface area contributed by atoms with Gasteiger partial charge in [0.25, 0.3) is 5.91 Å². The van der Waals surface area contributed by atoms with E-state index in [9.17, 15) is 9.90 Å². The number of hydrogen-bond acceptors (Lipinski definition) is 6. The topological polar surface area (TPSA) is 88.7 Å². The number of nitrogens with one attached hydrogen (secondary N) is 1. The Balaban J connectivity index is 1.43. The van der Waals surface area contributed by atoms with Crippen molar-refractivity contribution in [3.8, 4) is 11.5 Å². The van der Waals surface area contributed by atoms with E-state index < -0.39 is 0 Å². The van der Waals surface area contributed by atoms with Crippen LogP contribution in [0.5, 0.6) is 11.5 Å². The number of benzene rings is 3. The summed E-state index contributed by atoms with van der Waals surface area (Å²) in [6.45, 7) is 0.614. The second-order valence-electron chi connectivity index (χ2n) is 7.11. The van der Waals surface area contributed by atoms with Gasteiger partial charge < -0.3 is 14.4 Å². The lowest BCUT2D eigenvalue weighted by Crippen LogP contribution is -2.20. The number of amides is 1. The second-order valence-corrected chi connectivity index (χ2v) is 8.49. The molecule has 4 aromatic rings. The molecule has 1 heterocycles. The fourth-order valence-electron chi connectivity index (χ4n) is 3.20. The molecule has 0 unspecified atom stereocenters. The average molecular weight is 481 g/mol. The quantitative estimate of drug-likeness (QED) is 0.217. The summed E-state index contributed by atoms with van der Waals surface area (Å²) in [5.41, 5.74) is 6.15. The van der Waals surface area contributed by atoms with E-state index in [-0.39, 0.29) is 17.4 Å². The Labute approximate surface area is 200 Å². The standard InChI is InChI=1S/C24H21ClN4O3S/c1-32-22-12-17(8-11-21(22)30)13-26-28-23(31)15-33-24-27-19-4-2-3-5-20(19)29(24)14-16-6-9-18(25)10-7-16/h2-13,30H,14-15H2,1H3,(H,28,31)/b26-13-. The molecule has 0 saturated heterocycles.